The third-order valence-corrected chi connectivity index (χ3v) is 4.07. The average Bonchev–Trinajstić information content (AvgIpc) is 3.07. The molecule has 0 radical (unpaired) electrons. The molecular weight excluding hydrogens is 292 g/mol. The fourth-order valence-electron chi connectivity index (χ4n) is 2.75. The molecule has 6 nitrogen and oxygen atoms in total. The zero-order valence-electron chi connectivity index (χ0n) is 13.3. The number of nitrogens with zero attached hydrogens (tertiary/aromatic N) is 3. The van der Waals surface area contributed by atoms with E-state index >= 15 is 0 Å². The average molecular weight is 314 g/mol. The van der Waals surface area contributed by atoms with Crippen molar-refractivity contribution in [3.63, 3.8) is 0 Å². The maximum Gasteiger partial charge on any atom is 0.318 e. The minimum atomic E-state index is -0.0327. The van der Waals surface area contributed by atoms with E-state index in [1.165, 1.54) is 0 Å². The van der Waals surface area contributed by atoms with Gasteiger partial charge in [-0.3, -0.25) is 4.68 Å². The first-order valence-corrected chi connectivity index (χ1v) is 7.90. The number of morpholine rings is 1. The molecule has 1 aliphatic rings. The molecule has 2 aromatic rings. The van der Waals surface area contributed by atoms with Crippen LogP contribution < -0.4 is 5.32 Å². The molecule has 0 bridgehead atoms. The summed E-state index contributed by atoms with van der Waals surface area (Å²) in [5, 5.41) is 7.26. The molecule has 1 saturated heterocycles. The van der Waals surface area contributed by atoms with E-state index in [1.807, 2.05) is 47.0 Å². The van der Waals surface area contributed by atoms with Crippen molar-refractivity contribution in [2.45, 2.75) is 26.1 Å². The maximum absolute atomic E-state index is 12.4. The van der Waals surface area contributed by atoms with E-state index < -0.39 is 0 Å². The summed E-state index contributed by atoms with van der Waals surface area (Å²) in [6.45, 7) is 5.07. The van der Waals surface area contributed by atoms with Crippen LogP contribution in [0.3, 0.4) is 0 Å². The Morgan fingerprint density at radius 1 is 1.35 bits per heavy atom. The zero-order chi connectivity index (χ0) is 16.1. The van der Waals surface area contributed by atoms with E-state index in [4.69, 9.17) is 4.74 Å². The van der Waals surface area contributed by atoms with Gasteiger partial charge in [-0.15, -0.1) is 0 Å². The van der Waals surface area contributed by atoms with Crippen molar-refractivity contribution >= 4 is 6.03 Å². The van der Waals surface area contributed by atoms with Crippen LogP contribution in [0.25, 0.3) is 0 Å². The van der Waals surface area contributed by atoms with Gasteiger partial charge in [0, 0.05) is 25.5 Å². The number of aromatic nitrogens is 2. The molecule has 122 valence electrons. The molecule has 2 heterocycles. The van der Waals surface area contributed by atoms with Crippen molar-refractivity contribution in [1.29, 1.82) is 0 Å². The number of nitrogens with one attached hydrogen (secondary N) is 1. The summed E-state index contributed by atoms with van der Waals surface area (Å²) in [5.41, 5.74) is 2.27. The summed E-state index contributed by atoms with van der Waals surface area (Å²) >= 11 is 0. The van der Waals surface area contributed by atoms with Gasteiger partial charge >= 0.3 is 6.03 Å². The van der Waals surface area contributed by atoms with Gasteiger partial charge in [-0.25, -0.2) is 4.79 Å². The van der Waals surface area contributed by atoms with E-state index in [9.17, 15) is 4.79 Å². The van der Waals surface area contributed by atoms with Crippen LogP contribution in [0.15, 0.2) is 42.7 Å². The van der Waals surface area contributed by atoms with E-state index in [0.717, 1.165) is 11.1 Å². The lowest BCUT2D eigenvalue weighted by atomic mass is 10.1. The predicted molar refractivity (Wildman–Crippen MR) is 87.0 cm³/mol. The fraction of sp³-hybridized carbons (Fsp3) is 0.412. The van der Waals surface area contributed by atoms with Gasteiger partial charge in [0.25, 0.3) is 0 Å². The second-order valence-corrected chi connectivity index (χ2v) is 5.75. The van der Waals surface area contributed by atoms with Gasteiger partial charge in [0.15, 0.2) is 0 Å². The lowest BCUT2D eigenvalue weighted by molar-refractivity contribution is 0.0189. The molecule has 6 heteroatoms. The van der Waals surface area contributed by atoms with Gasteiger partial charge < -0.3 is 15.0 Å². The molecule has 1 unspecified atom stereocenters. The van der Waals surface area contributed by atoms with Gasteiger partial charge in [0.05, 0.1) is 25.8 Å². The lowest BCUT2D eigenvalue weighted by Crippen LogP contribution is -2.51. The van der Waals surface area contributed by atoms with Crippen molar-refractivity contribution in [3.8, 4) is 0 Å². The van der Waals surface area contributed by atoms with E-state index in [1.54, 1.807) is 6.20 Å². The highest BCUT2D eigenvalue weighted by atomic mass is 16.5. The first kappa shape index (κ1) is 15.6. The van der Waals surface area contributed by atoms with Crippen molar-refractivity contribution in [3.05, 3.63) is 53.9 Å². The van der Waals surface area contributed by atoms with Gasteiger partial charge in [0.2, 0.25) is 0 Å². The molecule has 1 aromatic carbocycles. The third-order valence-electron chi connectivity index (χ3n) is 4.07. The Morgan fingerprint density at radius 2 is 2.17 bits per heavy atom. The van der Waals surface area contributed by atoms with Crippen LogP contribution in [0.5, 0.6) is 0 Å². The van der Waals surface area contributed by atoms with Crippen LogP contribution in [0.4, 0.5) is 4.79 Å². The Kier molecular flexibility index (Phi) is 4.92. The van der Waals surface area contributed by atoms with Gasteiger partial charge in [-0.1, -0.05) is 24.3 Å². The summed E-state index contributed by atoms with van der Waals surface area (Å²) in [6, 6.07) is 10.1. The molecule has 0 aliphatic carbocycles. The van der Waals surface area contributed by atoms with Gasteiger partial charge in [-0.2, -0.15) is 5.10 Å². The number of hydrogen-bond acceptors (Lipinski definition) is 3. The Balaban J connectivity index is 1.62. The smallest absolute Gasteiger partial charge is 0.318 e. The van der Waals surface area contributed by atoms with Crippen LogP contribution in [0.2, 0.25) is 0 Å². The first-order valence-electron chi connectivity index (χ1n) is 7.90. The quantitative estimate of drug-likeness (QED) is 0.937. The number of urea groups is 1. The highest BCUT2D eigenvalue weighted by molar-refractivity contribution is 5.74. The Morgan fingerprint density at radius 3 is 2.91 bits per heavy atom. The molecule has 0 saturated carbocycles. The number of rotatable bonds is 4. The zero-order valence-corrected chi connectivity index (χ0v) is 13.3. The normalized spacial score (nSPS) is 18.0. The number of amides is 2. The van der Waals surface area contributed by atoms with Crippen molar-refractivity contribution in [2.24, 2.45) is 0 Å². The Bertz CT molecular complexity index is 642. The SMILES string of the molecule is CC1COCCN1C(=O)NCc1ccccc1Cn1cccn1. The molecule has 1 aliphatic heterocycles. The summed E-state index contributed by atoms with van der Waals surface area (Å²) in [7, 11) is 0. The van der Waals surface area contributed by atoms with Crippen LogP contribution in [-0.2, 0) is 17.8 Å². The van der Waals surface area contributed by atoms with E-state index in [0.29, 0.717) is 32.8 Å². The number of ether oxygens (including phenoxy) is 1. The molecular formula is C17H22N4O2. The molecule has 3 rings (SSSR count). The number of benzene rings is 1. The summed E-state index contributed by atoms with van der Waals surface area (Å²) in [4.78, 5) is 14.2. The van der Waals surface area contributed by atoms with Crippen LogP contribution in [-0.4, -0.2) is 46.5 Å². The number of carbonyl (C=O) groups is 1. The van der Waals surface area contributed by atoms with E-state index in [2.05, 4.69) is 16.5 Å². The van der Waals surface area contributed by atoms with Gasteiger partial charge in [-0.05, 0) is 24.1 Å². The lowest BCUT2D eigenvalue weighted by Gasteiger charge is -2.33. The largest absolute Gasteiger partial charge is 0.377 e. The molecule has 0 spiro atoms. The topological polar surface area (TPSA) is 59.4 Å². The second-order valence-electron chi connectivity index (χ2n) is 5.75. The second kappa shape index (κ2) is 7.28. The third kappa shape index (κ3) is 3.90. The Hall–Kier alpha value is -2.34. The standard InChI is InChI=1S/C17H22N4O2/c1-14-13-23-10-9-21(14)17(22)18-11-15-5-2-3-6-16(15)12-20-8-4-7-19-20/h2-8,14H,9-13H2,1H3,(H,18,22). The van der Waals surface area contributed by atoms with Gasteiger partial charge in [0.1, 0.15) is 0 Å². The molecule has 23 heavy (non-hydrogen) atoms. The molecule has 1 aromatic heterocycles. The monoisotopic (exact) mass is 314 g/mol. The Labute approximate surface area is 136 Å². The molecule has 1 atom stereocenters. The van der Waals surface area contributed by atoms with Crippen LogP contribution >= 0.6 is 0 Å². The minimum absolute atomic E-state index is 0.0327. The highest BCUT2D eigenvalue weighted by Crippen LogP contribution is 2.11. The summed E-state index contributed by atoms with van der Waals surface area (Å²) in [6.07, 6.45) is 3.70. The fourth-order valence-corrected chi connectivity index (χ4v) is 2.75. The van der Waals surface area contributed by atoms with Crippen molar-refractivity contribution < 1.29 is 9.53 Å². The summed E-state index contributed by atoms with van der Waals surface area (Å²) in [5.74, 6) is 0. The maximum atomic E-state index is 12.4. The number of carbonyl (C=O) groups excluding carboxylic acids is 1. The highest BCUT2D eigenvalue weighted by Gasteiger charge is 2.23. The summed E-state index contributed by atoms with van der Waals surface area (Å²) < 4.78 is 7.25. The van der Waals surface area contributed by atoms with Crippen LogP contribution in [0, 0.1) is 0 Å². The first-order chi connectivity index (χ1) is 11.2. The predicted octanol–water partition coefficient (Wildman–Crippen LogP) is 1.86. The van der Waals surface area contributed by atoms with Crippen molar-refractivity contribution in [2.75, 3.05) is 19.8 Å². The minimum Gasteiger partial charge on any atom is -0.377 e. The molecule has 1 N–H and O–H groups in total. The number of hydrogen-bond donors (Lipinski definition) is 1. The van der Waals surface area contributed by atoms with E-state index in [-0.39, 0.29) is 12.1 Å². The van der Waals surface area contributed by atoms with Crippen LogP contribution in [0.1, 0.15) is 18.1 Å². The molecule has 2 amide bonds. The van der Waals surface area contributed by atoms with Crippen molar-refractivity contribution in [1.82, 2.24) is 20.0 Å². The molecule has 1 fully saturated rings.